The molecule has 2 fully saturated rings. The molecule has 0 aliphatic carbocycles. The summed E-state index contributed by atoms with van der Waals surface area (Å²) in [7, 11) is 0. The predicted molar refractivity (Wildman–Crippen MR) is 229 cm³/mol. The number of anilines is 2. The highest BCUT2D eigenvalue weighted by molar-refractivity contribution is 5.98. The second-order valence-corrected chi connectivity index (χ2v) is 16.3. The Hall–Kier alpha value is -3.06. The molecule has 3 rings (SSSR count). The van der Waals surface area contributed by atoms with E-state index in [4.69, 9.17) is 11.5 Å². The van der Waals surface area contributed by atoms with Crippen molar-refractivity contribution in [2.45, 2.75) is 167 Å². The summed E-state index contributed by atoms with van der Waals surface area (Å²) < 4.78 is 0. The van der Waals surface area contributed by atoms with Crippen molar-refractivity contribution < 1.29 is 19.2 Å². The van der Waals surface area contributed by atoms with Crippen LogP contribution in [0.15, 0.2) is 24.3 Å². The summed E-state index contributed by atoms with van der Waals surface area (Å²) in [6, 6.07) is 7.59. The fourth-order valence-corrected chi connectivity index (χ4v) is 7.92. The van der Waals surface area contributed by atoms with Crippen LogP contribution < -0.4 is 31.9 Å². The van der Waals surface area contributed by atoms with Crippen LogP contribution >= 0.6 is 0 Å². The van der Waals surface area contributed by atoms with E-state index in [9.17, 15) is 19.2 Å². The maximum Gasteiger partial charge on any atom is 0.242 e. The molecule has 2 aliphatic heterocycles. The lowest BCUT2D eigenvalue weighted by Gasteiger charge is -2.25. The number of rotatable bonds is 32. The molecular formula is C44H78N8O4. The Labute approximate surface area is 339 Å². The number of carbonyl (C=O) groups is 4. The monoisotopic (exact) mass is 783 g/mol. The van der Waals surface area contributed by atoms with E-state index in [1.807, 2.05) is 24.3 Å². The third kappa shape index (κ3) is 18.5. The zero-order valence-corrected chi connectivity index (χ0v) is 35.3. The summed E-state index contributed by atoms with van der Waals surface area (Å²) in [6.07, 6.45) is 22.9. The molecule has 4 amide bonds. The molecule has 12 heteroatoms. The molecule has 12 nitrogen and oxygen atoms in total. The summed E-state index contributed by atoms with van der Waals surface area (Å²) in [6.45, 7) is 8.40. The highest BCUT2D eigenvalue weighted by Gasteiger charge is 2.33. The predicted octanol–water partition coefficient (Wildman–Crippen LogP) is 6.41. The van der Waals surface area contributed by atoms with Crippen molar-refractivity contribution in [1.82, 2.24) is 20.4 Å². The second-order valence-electron chi connectivity index (χ2n) is 16.3. The van der Waals surface area contributed by atoms with E-state index in [0.29, 0.717) is 65.4 Å². The quantitative estimate of drug-likeness (QED) is 0.0612. The lowest BCUT2D eigenvalue weighted by molar-refractivity contribution is -0.123. The number of carbonyl (C=O) groups excluding carboxylic acids is 4. The average Bonchev–Trinajstić information content (AvgIpc) is 3.74. The van der Waals surface area contributed by atoms with Gasteiger partial charge in [-0.3, -0.25) is 38.8 Å². The minimum absolute atomic E-state index is 0.0194. The number of amides is 4. The Morgan fingerprint density at radius 3 is 1.27 bits per heavy atom. The van der Waals surface area contributed by atoms with Gasteiger partial charge in [0.2, 0.25) is 23.6 Å². The molecule has 2 heterocycles. The number of hydrogen-bond donors (Lipinski definition) is 4. The van der Waals surface area contributed by atoms with Crippen LogP contribution in [0.3, 0.4) is 0 Å². The van der Waals surface area contributed by atoms with Crippen LogP contribution in [-0.4, -0.2) is 98.1 Å². The average molecular weight is 783 g/mol. The van der Waals surface area contributed by atoms with Crippen LogP contribution in [0.25, 0.3) is 0 Å². The van der Waals surface area contributed by atoms with Gasteiger partial charge < -0.3 is 22.1 Å². The Balaban J connectivity index is 1.49. The van der Waals surface area contributed by atoms with Crippen LogP contribution in [0.5, 0.6) is 0 Å². The lowest BCUT2D eigenvalue weighted by Crippen LogP contribution is -2.43. The molecule has 1 aromatic carbocycles. The third-order valence-corrected chi connectivity index (χ3v) is 11.2. The molecule has 0 radical (unpaired) electrons. The zero-order chi connectivity index (χ0) is 40.4. The smallest absolute Gasteiger partial charge is 0.242 e. The molecule has 1 aromatic rings. The van der Waals surface area contributed by atoms with Crippen molar-refractivity contribution in [3.8, 4) is 0 Å². The zero-order valence-electron chi connectivity index (χ0n) is 35.3. The molecule has 6 N–H and O–H groups in total. The van der Waals surface area contributed by atoms with E-state index >= 15 is 0 Å². The summed E-state index contributed by atoms with van der Waals surface area (Å²) in [5.74, 6) is 0.224. The van der Waals surface area contributed by atoms with Gasteiger partial charge in [0, 0.05) is 49.4 Å². The van der Waals surface area contributed by atoms with E-state index in [1.54, 1.807) is 9.80 Å². The summed E-state index contributed by atoms with van der Waals surface area (Å²) in [5.41, 5.74) is 13.1. The maximum absolute atomic E-state index is 13.2. The maximum atomic E-state index is 13.2. The van der Waals surface area contributed by atoms with Crippen LogP contribution in [-0.2, 0) is 19.2 Å². The number of nitrogens with one attached hydrogen (secondary N) is 2. The first-order chi connectivity index (χ1) is 27.3. The van der Waals surface area contributed by atoms with Gasteiger partial charge in [0.05, 0.1) is 26.4 Å². The largest absolute Gasteiger partial charge is 0.352 e. The minimum Gasteiger partial charge on any atom is -0.352 e. The van der Waals surface area contributed by atoms with Gasteiger partial charge in [-0.15, -0.1) is 0 Å². The lowest BCUT2D eigenvalue weighted by atomic mass is 10.1. The van der Waals surface area contributed by atoms with Gasteiger partial charge in [-0.1, -0.05) is 104 Å². The topological polar surface area (TPSA) is 157 Å². The Morgan fingerprint density at radius 1 is 0.554 bits per heavy atom. The highest BCUT2D eigenvalue weighted by atomic mass is 16.2. The van der Waals surface area contributed by atoms with Crippen molar-refractivity contribution in [2.75, 3.05) is 62.4 Å². The molecule has 56 heavy (non-hydrogen) atoms. The van der Waals surface area contributed by atoms with Crippen molar-refractivity contribution >= 4 is 35.0 Å². The molecule has 318 valence electrons. The van der Waals surface area contributed by atoms with Crippen LogP contribution in [0, 0.1) is 0 Å². The van der Waals surface area contributed by atoms with E-state index < -0.39 is 0 Å². The normalized spacial score (nSPS) is 16.2. The molecule has 2 saturated heterocycles. The summed E-state index contributed by atoms with van der Waals surface area (Å²) in [4.78, 5) is 60.0. The van der Waals surface area contributed by atoms with Crippen molar-refractivity contribution in [3.63, 3.8) is 0 Å². The molecule has 0 bridgehead atoms. The summed E-state index contributed by atoms with van der Waals surface area (Å²) in [5, 5.41) is 6.52. The number of nitrogens with two attached hydrogens (primary N) is 2. The molecular weight excluding hydrogens is 705 g/mol. The first-order valence-corrected chi connectivity index (χ1v) is 22.4. The molecule has 0 unspecified atom stereocenters. The van der Waals surface area contributed by atoms with Gasteiger partial charge in [-0.25, -0.2) is 0 Å². The Kier molecular flexibility index (Phi) is 24.0. The number of nitrogens with zero attached hydrogens (tertiary/aromatic N) is 4. The SMILES string of the molecule is CCCCCCCCCC(=O)N[C@@H](CCCCN)CN1CC(=O)N(c2ccc(N3CN(C[C@H](CCCCN)NC(=O)CCCCCCCCC)CC3=O)cc2)C1. The van der Waals surface area contributed by atoms with Gasteiger partial charge in [0.15, 0.2) is 0 Å². The summed E-state index contributed by atoms with van der Waals surface area (Å²) >= 11 is 0. The first-order valence-electron chi connectivity index (χ1n) is 22.4. The van der Waals surface area contributed by atoms with Crippen LogP contribution in [0.1, 0.15) is 155 Å². The molecule has 2 atom stereocenters. The van der Waals surface area contributed by atoms with Gasteiger partial charge in [-0.05, 0) is 75.9 Å². The van der Waals surface area contributed by atoms with E-state index in [0.717, 1.165) is 75.6 Å². The molecule has 0 aromatic heterocycles. The standard InChI is InChI=1S/C44H78N8O4/c1-3-5-7-9-11-13-15-23-41(53)47-37(21-17-19-29-45)31-49-33-43(55)51(35-49)39-25-27-40(28-26-39)52-36-50(34-44(52)56)32-38(22-18-20-30-46)48-42(54)24-16-14-12-10-8-6-4-2/h25-28,37-38H,3-24,29-36,45-46H2,1-2H3,(H,47,53)(H,48,54)/t37-,38-/m0/s1. The van der Waals surface area contributed by atoms with E-state index in [2.05, 4.69) is 34.3 Å². The van der Waals surface area contributed by atoms with Crippen molar-refractivity contribution in [1.29, 1.82) is 0 Å². The van der Waals surface area contributed by atoms with E-state index in [1.165, 1.54) is 64.2 Å². The van der Waals surface area contributed by atoms with Gasteiger partial charge >= 0.3 is 0 Å². The number of unbranched alkanes of at least 4 members (excludes halogenated alkanes) is 14. The number of hydrogen-bond acceptors (Lipinski definition) is 8. The third-order valence-electron chi connectivity index (χ3n) is 11.2. The van der Waals surface area contributed by atoms with E-state index in [-0.39, 0.29) is 35.7 Å². The first kappa shape index (κ1) is 47.3. The minimum atomic E-state index is -0.0310. The van der Waals surface area contributed by atoms with Crippen molar-refractivity contribution in [2.24, 2.45) is 11.5 Å². The Morgan fingerprint density at radius 2 is 0.911 bits per heavy atom. The second kappa shape index (κ2) is 28.4. The molecule has 2 aliphatic rings. The molecule has 0 saturated carbocycles. The molecule has 0 spiro atoms. The van der Waals surface area contributed by atoms with Gasteiger partial charge in [0.1, 0.15) is 0 Å². The van der Waals surface area contributed by atoms with Crippen LogP contribution in [0.4, 0.5) is 11.4 Å². The fraction of sp³-hybridized carbons (Fsp3) is 0.773. The number of benzene rings is 1. The van der Waals surface area contributed by atoms with Crippen LogP contribution in [0.2, 0.25) is 0 Å². The Bertz CT molecular complexity index is 1170. The van der Waals surface area contributed by atoms with Gasteiger partial charge in [-0.2, -0.15) is 0 Å². The van der Waals surface area contributed by atoms with Crippen molar-refractivity contribution in [3.05, 3.63) is 24.3 Å². The van der Waals surface area contributed by atoms with Gasteiger partial charge in [0.25, 0.3) is 0 Å². The fourth-order valence-electron chi connectivity index (χ4n) is 7.92. The highest BCUT2D eigenvalue weighted by Crippen LogP contribution is 2.26.